The van der Waals surface area contributed by atoms with E-state index in [9.17, 15) is 4.79 Å². The molecule has 1 saturated carbocycles. The Kier molecular flexibility index (Phi) is 4.26. The van der Waals surface area contributed by atoms with E-state index in [1.54, 1.807) is 12.3 Å². The summed E-state index contributed by atoms with van der Waals surface area (Å²) < 4.78 is 11.1. The van der Waals surface area contributed by atoms with Gasteiger partial charge in [0, 0.05) is 30.7 Å². The van der Waals surface area contributed by atoms with Gasteiger partial charge in [0.15, 0.2) is 5.76 Å². The van der Waals surface area contributed by atoms with E-state index in [1.807, 2.05) is 30.3 Å². The van der Waals surface area contributed by atoms with Gasteiger partial charge in [-0.15, -0.1) is 0 Å². The third-order valence-electron chi connectivity index (χ3n) is 4.71. The van der Waals surface area contributed by atoms with Crippen molar-refractivity contribution in [3.05, 3.63) is 54.0 Å². The van der Waals surface area contributed by atoms with Gasteiger partial charge in [-0.25, -0.2) is 0 Å². The van der Waals surface area contributed by atoms with Crippen molar-refractivity contribution in [3.63, 3.8) is 0 Å². The van der Waals surface area contributed by atoms with Crippen LogP contribution in [0.1, 0.15) is 35.4 Å². The second-order valence-electron chi connectivity index (χ2n) is 6.56. The van der Waals surface area contributed by atoms with Crippen molar-refractivity contribution in [3.8, 4) is 5.75 Å². The minimum Gasteiger partial charge on any atom is -0.489 e. The van der Waals surface area contributed by atoms with Crippen molar-refractivity contribution in [2.45, 2.75) is 38.0 Å². The Labute approximate surface area is 141 Å². The van der Waals surface area contributed by atoms with Crippen LogP contribution in [0.3, 0.4) is 0 Å². The first-order valence-corrected chi connectivity index (χ1v) is 8.59. The van der Waals surface area contributed by atoms with Gasteiger partial charge < -0.3 is 14.5 Å². The standard InChI is InChI=1S/C19H22N2O3/c22-19(20-15-8-10-21(12-15)16-6-7-16)18-14(9-11-23-18)13-24-17-4-2-1-3-5-17/h1-5,9,11,15-16H,6-8,10,12-13H2,(H,20,22)/t15-/m1/s1. The van der Waals surface area contributed by atoms with Gasteiger partial charge in [0.25, 0.3) is 5.91 Å². The Balaban J connectivity index is 1.34. The maximum atomic E-state index is 12.5. The van der Waals surface area contributed by atoms with E-state index in [0.29, 0.717) is 12.4 Å². The molecule has 2 fully saturated rings. The lowest BCUT2D eigenvalue weighted by Crippen LogP contribution is -2.37. The van der Waals surface area contributed by atoms with Crippen molar-refractivity contribution in [1.29, 1.82) is 0 Å². The lowest BCUT2D eigenvalue weighted by molar-refractivity contribution is 0.0906. The van der Waals surface area contributed by atoms with Gasteiger partial charge in [-0.2, -0.15) is 0 Å². The molecule has 5 nitrogen and oxygen atoms in total. The van der Waals surface area contributed by atoms with Crippen LogP contribution in [-0.4, -0.2) is 36.0 Å². The van der Waals surface area contributed by atoms with E-state index in [0.717, 1.165) is 36.9 Å². The molecule has 0 bridgehead atoms. The summed E-state index contributed by atoms with van der Waals surface area (Å²) in [6.45, 7) is 2.35. The average molecular weight is 326 g/mol. The molecular formula is C19H22N2O3. The number of ether oxygens (including phenoxy) is 1. The van der Waals surface area contributed by atoms with Crippen LogP contribution in [0.4, 0.5) is 0 Å². The van der Waals surface area contributed by atoms with Gasteiger partial charge in [0.1, 0.15) is 12.4 Å². The van der Waals surface area contributed by atoms with E-state index in [1.165, 1.54) is 12.8 Å². The van der Waals surface area contributed by atoms with Gasteiger partial charge in [0.2, 0.25) is 0 Å². The van der Waals surface area contributed by atoms with Crippen LogP contribution in [0.15, 0.2) is 47.1 Å². The lowest BCUT2D eigenvalue weighted by atomic mass is 10.2. The highest BCUT2D eigenvalue weighted by Crippen LogP contribution is 2.29. The third kappa shape index (κ3) is 3.46. The van der Waals surface area contributed by atoms with E-state index >= 15 is 0 Å². The first kappa shape index (κ1) is 15.3. The first-order valence-electron chi connectivity index (χ1n) is 8.59. The monoisotopic (exact) mass is 326 g/mol. The topological polar surface area (TPSA) is 54.7 Å². The summed E-state index contributed by atoms with van der Waals surface area (Å²) in [5.41, 5.74) is 0.772. The van der Waals surface area contributed by atoms with Crippen molar-refractivity contribution in [1.82, 2.24) is 10.2 Å². The molecule has 2 aromatic rings. The Morgan fingerprint density at radius 1 is 1.21 bits per heavy atom. The fourth-order valence-electron chi connectivity index (χ4n) is 3.25. The van der Waals surface area contributed by atoms with Crippen LogP contribution in [0.25, 0.3) is 0 Å². The molecule has 1 aliphatic carbocycles. The zero-order chi connectivity index (χ0) is 16.4. The molecule has 1 aliphatic heterocycles. The van der Waals surface area contributed by atoms with E-state index in [2.05, 4.69) is 10.2 Å². The molecule has 1 aromatic carbocycles. The van der Waals surface area contributed by atoms with Crippen LogP contribution in [0, 0.1) is 0 Å². The normalized spacial score (nSPS) is 20.9. The second-order valence-corrected chi connectivity index (χ2v) is 6.56. The van der Waals surface area contributed by atoms with E-state index in [4.69, 9.17) is 9.15 Å². The predicted molar refractivity (Wildman–Crippen MR) is 89.9 cm³/mol. The number of nitrogens with zero attached hydrogens (tertiary/aromatic N) is 1. The fourth-order valence-corrected chi connectivity index (χ4v) is 3.25. The lowest BCUT2D eigenvalue weighted by Gasteiger charge is -2.15. The molecular weight excluding hydrogens is 304 g/mol. The van der Waals surface area contributed by atoms with Crippen LogP contribution in [0.5, 0.6) is 5.75 Å². The number of para-hydroxylation sites is 1. The number of rotatable bonds is 6. The minimum absolute atomic E-state index is 0.144. The Bertz CT molecular complexity index is 694. The van der Waals surface area contributed by atoms with Gasteiger partial charge in [-0.1, -0.05) is 18.2 Å². The summed E-state index contributed by atoms with van der Waals surface area (Å²) in [7, 11) is 0. The van der Waals surface area contributed by atoms with Crippen molar-refractivity contribution in [2.75, 3.05) is 13.1 Å². The van der Waals surface area contributed by atoms with Crippen LogP contribution < -0.4 is 10.1 Å². The average Bonchev–Trinajstić information content (AvgIpc) is 3.17. The molecule has 126 valence electrons. The van der Waals surface area contributed by atoms with E-state index in [-0.39, 0.29) is 11.9 Å². The highest BCUT2D eigenvalue weighted by molar-refractivity contribution is 5.93. The molecule has 2 aliphatic rings. The summed E-state index contributed by atoms with van der Waals surface area (Å²) in [4.78, 5) is 15.0. The highest BCUT2D eigenvalue weighted by Gasteiger charge is 2.35. The van der Waals surface area contributed by atoms with Crippen molar-refractivity contribution in [2.24, 2.45) is 0 Å². The molecule has 24 heavy (non-hydrogen) atoms. The summed E-state index contributed by atoms with van der Waals surface area (Å²) in [6.07, 6.45) is 5.17. The molecule has 0 radical (unpaired) electrons. The largest absolute Gasteiger partial charge is 0.489 e. The SMILES string of the molecule is O=C(N[C@@H]1CCN(C2CC2)C1)c1occc1COc1ccccc1. The van der Waals surface area contributed by atoms with Crippen molar-refractivity contribution < 1.29 is 13.9 Å². The van der Waals surface area contributed by atoms with Crippen LogP contribution in [0.2, 0.25) is 0 Å². The Morgan fingerprint density at radius 3 is 2.83 bits per heavy atom. The number of hydrogen-bond donors (Lipinski definition) is 1. The van der Waals surface area contributed by atoms with Gasteiger partial charge >= 0.3 is 0 Å². The number of benzene rings is 1. The van der Waals surface area contributed by atoms with Crippen LogP contribution >= 0.6 is 0 Å². The van der Waals surface area contributed by atoms with Crippen molar-refractivity contribution >= 4 is 5.91 Å². The predicted octanol–water partition coefficient (Wildman–Crippen LogP) is 2.83. The maximum Gasteiger partial charge on any atom is 0.287 e. The highest BCUT2D eigenvalue weighted by atomic mass is 16.5. The quantitative estimate of drug-likeness (QED) is 0.887. The van der Waals surface area contributed by atoms with Gasteiger partial charge in [-0.3, -0.25) is 9.69 Å². The summed E-state index contributed by atoms with van der Waals surface area (Å²) in [5, 5.41) is 3.10. The number of nitrogens with one attached hydrogen (secondary N) is 1. The molecule has 1 saturated heterocycles. The Morgan fingerprint density at radius 2 is 2.04 bits per heavy atom. The number of hydrogen-bond acceptors (Lipinski definition) is 4. The van der Waals surface area contributed by atoms with Crippen LogP contribution in [-0.2, 0) is 6.61 Å². The molecule has 1 amide bonds. The zero-order valence-corrected chi connectivity index (χ0v) is 13.6. The number of carbonyl (C=O) groups excluding carboxylic acids is 1. The van der Waals surface area contributed by atoms with E-state index < -0.39 is 0 Å². The molecule has 4 rings (SSSR count). The number of amides is 1. The zero-order valence-electron chi connectivity index (χ0n) is 13.6. The summed E-state index contributed by atoms with van der Waals surface area (Å²) in [6, 6.07) is 12.3. The molecule has 1 aromatic heterocycles. The smallest absolute Gasteiger partial charge is 0.287 e. The van der Waals surface area contributed by atoms with Gasteiger partial charge in [0.05, 0.1) is 6.26 Å². The molecule has 1 N–H and O–H groups in total. The van der Waals surface area contributed by atoms with Gasteiger partial charge in [-0.05, 0) is 37.5 Å². The molecule has 0 spiro atoms. The summed E-state index contributed by atoms with van der Waals surface area (Å²) >= 11 is 0. The molecule has 0 unspecified atom stereocenters. The summed E-state index contributed by atoms with van der Waals surface area (Å²) in [5.74, 6) is 0.992. The number of carbonyl (C=O) groups is 1. The first-order chi connectivity index (χ1) is 11.8. The molecule has 1 atom stereocenters. The molecule has 5 heteroatoms. The maximum absolute atomic E-state index is 12.5. The molecule has 2 heterocycles. The fraction of sp³-hybridized carbons (Fsp3) is 0.421. The number of furan rings is 1. The second kappa shape index (κ2) is 6.69. The minimum atomic E-state index is -0.144. The Hall–Kier alpha value is -2.27. The number of likely N-dealkylation sites (tertiary alicyclic amines) is 1. The third-order valence-corrected chi connectivity index (χ3v) is 4.71.